The van der Waals surface area contributed by atoms with E-state index in [0.29, 0.717) is 34.2 Å². The maximum absolute atomic E-state index is 12.9. The number of carbonyl (C=O) groups is 4. The molecule has 0 bridgehead atoms. The van der Waals surface area contributed by atoms with Crippen molar-refractivity contribution in [1.82, 2.24) is 4.90 Å². The minimum absolute atomic E-state index is 0.167. The van der Waals surface area contributed by atoms with Gasteiger partial charge in [-0.25, -0.2) is 0 Å². The number of rotatable bonds is 10. The molecule has 0 saturated carbocycles. The van der Waals surface area contributed by atoms with E-state index in [0.717, 1.165) is 22.2 Å². The van der Waals surface area contributed by atoms with Crippen LogP contribution in [0.15, 0.2) is 71.6 Å². The number of amides is 4. The fourth-order valence-corrected chi connectivity index (χ4v) is 4.66. The third kappa shape index (κ3) is 7.00. The quantitative estimate of drug-likeness (QED) is 0.342. The van der Waals surface area contributed by atoms with E-state index in [1.54, 1.807) is 60.7 Å². The Balaban J connectivity index is 1.38. The number of hydrogen-bond donors (Lipinski definition) is 2. The molecule has 0 unspecified atom stereocenters. The number of thioether (sulfide) groups is 1. The third-order valence-corrected chi connectivity index (χ3v) is 6.61. The summed E-state index contributed by atoms with van der Waals surface area (Å²) in [6.45, 7) is 1.21. The van der Waals surface area contributed by atoms with E-state index in [2.05, 4.69) is 10.6 Å². The lowest BCUT2D eigenvalue weighted by Crippen LogP contribution is -2.36. The molecule has 3 aromatic carbocycles. The number of anilines is 2. The number of para-hydroxylation sites is 2. The van der Waals surface area contributed by atoms with Gasteiger partial charge in [-0.15, -0.1) is 0 Å². The molecule has 40 heavy (non-hydrogen) atoms. The topological polar surface area (TPSA) is 123 Å². The number of aryl methyl sites for hydroxylation is 1. The van der Waals surface area contributed by atoms with Gasteiger partial charge >= 0.3 is 0 Å². The predicted molar refractivity (Wildman–Crippen MR) is 153 cm³/mol. The van der Waals surface area contributed by atoms with Crippen molar-refractivity contribution in [2.24, 2.45) is 0 Å². The fourth-order valence-electron chi connectivity index (χ4n) is 3.83. The average molecular weight is 562 g/mol. The molecule has 10 nitrogen and oxygen atoms in total. The summed E-state index contributed by atoms with van der Waals surface area (Å²) >= 11 is 0.746. The Hall–Kier alpha value is -4.77. The molecule has 0 aromatic heterocycles. The minimum Gasteiger partial charge on any atom is -0.495 e. The van der Waals surface area contributed by atoms with E-state index in [9.17, 15) is 19.2 Å². The predicted octanol–water partition coefficient (Wildman–Crippen LogP) is 4.70. The van der Waals surface area contributed by atoms with Crippen molar-refractivity contribution in [3.8, 4) is 17.2 Å². The van der Waals surface area contributed by atoms with Crippen LogP contribution in [0.2, 0.25) is 0 Å². The lowest BCUT2D eigenvalue weighted by Gasteiger charge is -2.13. The second-order valence-electron chi connectivity index (χ2n) is 8.63. The third-order valence-electron chi connectivity index (χ3n) is 5.70. The van der Waals surface area contributed by atoms with Crippen LogP contribution in [0.25, 0.3) is 6.08 Å². The molecule has 4 rings (SSSR count). The highest BCUT2D eigenvalue weighted by atomic mass is 32.2. The second kappa shape index (κ2) is 12.9. The maximum atomic E-state index is 12.9. The van der Waals surface area contributed by atoms with Gasteiger partial charge in [-0.1, -0.05) is 30.3 Å². The Morgan fingerprint density at radius 2 is 1.65 bits per heavy atom. The standard InChI is InChI=1S/C29H27N3O7S/c1-18-7-6-8-20(13-18)30-26(33)16-32-28(35)25(40-29(32)36)15-19-11-12-23(24(14-19)38-3)39-17-27(34)31-21-9-4-5-10-22(21)37-2/h4-15H,16-17H2,1-3H3,(H,30,33)(H,31,34)/b25-15-. The summed E-state index contributed by atoms with van der Waals surface area (Å²) in [6, 6.07) is 19.1. The fraction of sp³-hybridized carbons (Fsp3) is 0.172. The van der Waals surface area contributed by atoms with Gasteiger partial charge in [0, 0.05) is 5.69 Å². The summed E-state index contributed by atoms with van der Waals surface area (Å²) < 4.78 is 16.3. The van der Waals surface area contributed by atoms with E-state index in [4.69, 9.17) is 14.2 Å². The van der Waals surface area contributed by atoms with Gasteiger partial charge in [0.2, 0.25) is 5.91 Å². The molecule has 11 heteroatoms. The highest BCUT2D eigenvalue weighted by Crippen LogP contribution is 2.34. The Morgan fingerprint density at radius 1 is 0.875 bits per heavy atom. The van der Waals surface area contributed by atoms with Crippen molar-refractivity contribution >= 4 is 52.2 Å². The molecule has 1 heterocycles. The van der Waals surface area contributed by atoms with Gasteiger partial charge in [-0.3, -0.25) is 24.1 Å². The molecule has 1 aliphatic heterocycles. The van der Waals surface area contributed by atoms with Crippen LogP contribution < -0.4 is 24.8 Å². The zero-order valence-electron chi connectivity index (χ0n) is 22.1. The first-order valence-corrected chi connectivity index (χ1v) is 12.9. The lowest BCUT2D eigenvalue weighted by atomic mass is 10.2. The van der Waals surface area contributed by atoms with Crippen molar-refractivity contribution in [1.29, 1.82) is 0 Å². The summed E-state index contributed by atoms with van der Waals surface area (Å²) in [5, 5.41) is 4.89. The Kier molecular flexibility index (Phi) is 9.07. The molecule has 3 aromatic rings. The van der Waals surface area contributed by atoms with Crippen molar-refractivity contribution < 1.29 is 33.4 Å². The monoisotopic (exact) mass is 561 g/mol. The van der Waals surface area contributed by atoms with Crippen molar-refractivity contribution in [3.05, 3.63) is 82.8 Å². The minimum atomic E-state index is -0.568. The Labute approximate surface area is 235 Å². The normalized spacial score (nSPS) is 13.8. The maximum Gasteiger partial charge on any atom is 0.294 e. The van der Waals surface area contributed by atoms with Crippen molar-refractivity contribution in [3.63, 3.8) is 0 Å². The first-order valence-electron chi connectivity index (χ1n) is 12.1. The van der Waals surface area contributed by atoms with Gasteiger partial charge < -0.3 is 24.8 Å². The van der Waals surface area contributed by atoms with Gasteiger partial charge in [0.25, 0.3) is 17.1 Å². The number of carbonyl (C=O) groups excluding carboxylic acids is 4. The second-order valence-corrected chi connectivity index (χ2v) is 9.63. The number of hydrogen-bond acceptors (Lipinski definition) is 8. The van der Waals surface area contributed by atoms with Crippen LogP contribution in [-0.2, 0) is 14.4 Å². The molecule has 1 saturated heterocycles. The summed E-state index contributed by atoms with van der Waals surface area (Å²) in [4.78, 5) is 51.3. The summed E-state index contributed by atoms with van der Waals surface area (Å²) in [7, 11) is 2.96. The molecular weight excluding hydrogens is 534 g/mol. The number of nitrogens with zero attached hydrogens (tertiary/aromatic N) is 1. The number of nitrogens with one attached hydrogen (secondary N) is 2. The SMILES string of the molecule is COc1ccccc1NC(=O)COc1ccc(/C=C2\SC(=O)N(CC(=O)Nc3cccc(C)c3)C2=O)cc1OC. The first-order chi connectivity index (χ1) is 19.3. The van der Waals surface area contributed by atoms with Crippen LogP contribution in [0, 0.1) is 6.92 Å². The summed E-state index contributed by atoms with van der Waals surface area (Å²) in [6.07, 6.45) is 1.53. The smallest absolute Gasteiger partial charge is 0.294 e. The lowest BCUT2D eigenvalue weighted by molar-refractivity contribution is -0.127. The van der Waals surface area contributed by atoms with Gasteiger partial charge in [0.1, 0.15) is 12.3 Å². The molecule has 2 N–H and O–H groups in total. The molecule has 0 radical (unpaired) electrons. The van der Waals surface area contributed by atoms with Crippen molar-refractivity contribution in [2.75, 3.05) is 38.0 Å². The summed E-state index contributed by atoms with van der Waals surface area (Å²) in [5.74, 6) is -0.273. The Bertz CT molecular complexity index is 1490. The van der Waals surface area contributed by atoms with E-state index < -0.39 is 29.5 Å². The largest absolute Gasteiger partial charge is 0.495 e. The van der Waals surface area contributed by atoms with Crippen LogP contribution >= 0.6 is 11.8 Å². The van der Waals surface area contributed by atoms with E-state index in [-0.39, 0.29) is 11.5 Å². The number of imide groups is 1. The van der Waals surface area contributed by atoms with Crippen LogP contribution in [0.4, 0.5) is 16.2 Å². The zero-order chi connectivity index (χ0) is 28.6. The Morgan fingerprint density at radius 3 is 2.40 bits per heavy atom. The van der Waals surface area contributed by atoms with E-state index >= 15 is 0 Å². The number of methoxy groups -OCH3 is 2. The van der Waals surface area contributed by atoms with Gasteiger partial charge in [0.15, 0.2) is 18.1 Å². The number of ether oxygens (including phenoxy) is 3. The molecule has 1 aliphatic rings. The van der Waals surface area contributed by atoms with Crippen LogP contribution in [-0.4, -0.2) is 55.2 Å². The highest BCUT2D eigenvalue weighted by molar-refractivity contribution is 8.18. The molecular formula is C29H27N3O7S. The average Bonchev–Trinajstić information content (AvgIpc) is 3.19. The highest BCUT2D eigenvalue weighted by Gasteiger charge is 2.36. The molecule has 4 amide bonds. The molecule has 0 spiro atoms. The summed E-state index contributed by atoms with van der Waals surface area (Å²) in [5.41, 5.74) is 2.63. The zero-order valence-corrected chi connectivity index (χ0v) is 22.9. The van der Waals surface area contributed by atoms with Crippen LogP contribution in [0.1, 0.15) is 11.1 Å². The first kappa shape index (κ1) is 28.2. The van der Waals surface area contributed by atoms with E-state index in [1.807, 2.05) is 13.0 Å². The van der Waals surface area contributed by atoms with Gasteiger partial charge in [-0.05, 0) is 72.3 Å². The molecule has 1 fully saturated rings. The van der Waals surface area contributed by atoms with E-state index in [1.165, 1.54) is 20.3 Å². The molecule has 0 atom stereocenters. The van der Waals surface area contributed by atoms with Crippen LogP contribution in [0.3, 0.4) is 0 Å². The van der Waals surface area contributed by atoms with Gasteiger partial charge in [-0.2, -0.15) is 0 Å². The number of benzene rings is 3. The molecule has 0 aliphatic carbocycles. The van der Waals surface area contributed by atoms with Crippen LogP contribution in [0.5, 0.6) is 17.2 Å². The van der Waals surface area contributed by atoms with Crippen molar-refractivity contribution in [2.45, 2.75) is 6.92 Å². The molecule has 206 valence electrons. The van der Waals surface area contributed by atoms with Gasteiger partial charge in [0.05, 0.1) is 24.8 Å².